The lowest BCUT2D eigenvalue weighted by Crippen LogP contribution is -2.44. The number of carbonyl (C=O) groups excluding carboxylic acids is 1. The number of nitrogens with one attached hydrogen (secondary N) is 1. The molecule has 0 saturated heterocycles. The molecule has 9 heteroatoms. The molecule has 31 heavy (non-hydrogen) atoms. The third kappa shape index (κ3) is 4.07. The fourth-order valence-corrected chi connectivity index (χ4v) is 5.91. The lowest BCUT2D eigenvalue weighted by Gasteiger charge is -2.23. The summed E-state index contributed by atoms with van der Waals surface area (Å²) in [5.41, 5.74) is 6.47. The predicted molar refractivity (Wildman–Crippen MR) is 131 cm³/mol. The van der Waals surface area contributed by atoms with E-state index in [1.807, 2.05) is 46.4 Å². The largest absolute Gasteiger partial charge is 0.286 e. The molecule has 1 amide bonds. The molecule has 1 aromatic heterocycles. The molecule has 1 N–H and O–H groups in total. The zero-order chi connectivity index (χ0) is 21.5. The summed E-state index contributed by atoms with van der Waals surface area (Å²) in [6.07, 6.45) is 1.38. The first-order chi connectivity index (χ1) is 15.0. The number of hydrogen-bond acceptors (Lipinski definition) is 5. The number of hydrazine groups is 1. The Morgan fingerprint density at radius 2 is 1.97 bits per heavy atom. The molecule has 0 fully saturated rings. The molecule has 3 heterocycles. The molecule has 0 saturated carbocycles. The summed E-state index contributed by atoms with van der Waals surface area (Å²) in [4.78, 5) is 14.2. The first-order valence-electron chi connectivity index (χ1n) is 9.73. The number of benzene rings is 2. The van der Waals surface area contributed by atoms with Gasteiger partial charge in [-0.05, 0) is 64.3 Å². The molecule has 158 valence electrons. The number of hydrazone groups is 1. The Morgan fingerprint density at radius 3 is 2.74 bits per heavy atom. The molecule has 1 atom stereocenters. The molecular weight excluding hydrogens is 519 g/mol. The van der Waals surface area contributed by atoms with E-state index in [0.717, 1.165) is 33.0 Å². The van der Waals surface area contributed by atoms with Gasteiger partial charge in [0.15, 0.2) is 0 Å². The Labute approximate surface area is 202 Å². The summed E-state index contributed by atoms with van der Waals surface area (Å²) < 4.78 is 1.02. The number of anilines is 2. The Bertz CT molecular complexity index is 1200. The standard InChI is InChI=1S/C22H17BrCl2N4OS/c23-21-8-7-20(31-21)19-12-16(26-29(19)18-6-5-14(24)11-15(18)25)22(30)27-28-10-9-13-3-1-2-4-17(13)28/h1-8,11,19H,9-10,12H2,(H,27,30). The third-order valence-corrected chi connectivity index (χ3v) is 7.64. The van der Waals surface area contributed by atoms with Crippen molar-refractivity contribution in [2.24, 2.45) is 5.10 Å². The van der Waals surface area contributed by atoms with Crippen LogP contribution in [0.5, 0.6) is 0 Å². The SMILES string of the molecule is O=C(NN1CCc2ccccc21)C1=NN(c2ccc(Cl)cc2Cl)C(c2ccc(Br)s2)C1. The Morgan fingerprint density at radius 1 is 1.13 bits per heavy atom. The van der Waals surface area contributed by atoms with Gasteiger partial charge in [0, 0.05) is 22.9 Å². The van der Waals surface area contributed by atoms with Crippen LogP contribution in [-0.2, 0) is 11.2 Å². The summed E-state index contributed by atoms with van der Waals surface area (Å²) in [5.74, 6) is -0.204. The maximum atomic E-state index is 13.1. The monoisotopic (exact) mass is 534 g/mol. The number of para-hydroxylation sites is 1. The molecular formula is C22H17BrCl2N4OS. The topological polar surface area (TPSA) is 47.9 Å². The predicted octanol–water partition coefficient (Wildman–Crippen LogP) is 6.22. The van der Waals surface area contributed by atoms with Gasteiger partial charge in [-0.1, -0.05) is 41.4 Å². The van der Waals surface area contributed by atoms with E-state index in [-0.39, 0.29) is 11.9 Å². The van der Waals surface area contributed by atoms with Crippen LogP contribution in [0, 0.1) is 0 Å². The van der Waals surface area contributed by atoms with E-state index < -0.39 is 0 Å². The first-order valence-corrected chi connectivity index (χ1v) is 12.1. The van der Waals surface area contributed by atoms with Crippen LogP contribution in [0.3, 0.4) is 0 Å². The van der Waals surface area contributed by atoms with Gasteiger partial charge < -0.3 is 0 Å². The van der Waals surface area contributed by atoms with Crippen molar-refractivity contribution in [2.45, 2.75) is 18.9 Å². The summed E-state index contributed by atoms with van der Waals surface area (Å²) in [5, 5.41) is 9.46. The Kier molecular flexibility index (Phi) is 5.69. The molecule has 2 aromatic carbocycles. The summed E-state index contributed by atoms with van der Waals surface area (Å²) >= 11 is 17.7. The van der Waals surface area contributed by atoms with Gasteiger partial charge in [-0.25, -0.2) is 0 Å². The number of halogens is 3. The van der Waals surface area contributed by atoms with E-state index in [1.165, 1.54) is 5.56 Å². The van der Waals surface area contributed by atoms with Crippen molar-refractivity contribution in [1.82, 2.24) is 5.43 Å². The fourth-order valence-electron chi connectivity index (χ4n) is 3.91. The summed E-state index contributed by atoms with van der Waals surface area (Å²) in [6.45, 7) is 0.742. The molecule has 2 aliphatic rings. The first kappa shape index (κ1) is 20.8. The molecule has 3 aromatic rings. The van der Waals surface area contributed by atoms with Crippen LogP contribution in [0.4, 0.5) is 11.4 Å². The quantitative estimate of drug-likeness (QED) is 0.431. The Hall–Kier alpha value is -2.06. The van der Waals surface area contributed by atoms with Crippen LogP contribution in [0.2, 0.25) is 10.0 Å². The number of rotatable bonds is 4. The minimum atomic E-state index is -0.204. The molecule has 1 unspecified atom stereocenters. The third-order valence-electron chi connectivity index (χ3n) is 5.38. The van der Waals surface area contributed by atoms with Gasteiger partial charge in [0.25, 0.3) is 5.91 Å². The molecule has 0 spiro atoms. The van der Waals surface area contributed by atoms with Crippen LogP contribution in [0.1, 0.15) is 22.9 Å². The highest BCUT2D eigenvalue weighted by atomic mass is 79.9. The minimum Gasteiger partial charge on any atom is -0.285 e. The minimum absolute atomic E-state index is 0.124. The van der Waals surface area contributed by atoms with Crippen molar-refractivity contribution in [3.8, 4) is 0 Å². The Balaban J connectivity index is 1.44. The second-order valence-electron chi connectivity index (χ2n) is 7.32. The van der Waals surface area contributed by atoms with Crippen molar-refractivity contribution >= 4 is 73.5 Å². The lowest BCUT2D eigenvalue weighted by molar-refractivity contribution is -0.115. The van der Waals surface area contributed by atoms with E-state index in [0.29, 0.717) is 22.2 Å². The van der Waals surface area contributed by atoms with Crippen LogP contribution < -0.4 is 15.4 Å². The van der Waals surface area contributed by atoms with E-state index in [4.69, 9.17) is 23.2 Å². The van der Waals surface area contributed by atoms with Crippen molar-refractivity contribution in [2.75, 3.05) is 16.6 Å². The van der Waals surface area contributed by atoms with E-state index in [1.54, 1.807) is 23.5 Å². The number of thiophene rings is 1. The number of fused-ring (bicyclic) bond motifs is 1. The molecule has 0 radical (unpaired) electrons. The number of hydrogen-bond donors (Lipinski definition) is 1. The lowest BCUT2D eigenvalue weighted by atomic mass is 10.1. The van der Waals surface area contributed by atoms with Gasteiger partial charge in [0.2, 0.25) is 0 Å². The van der Waals surface area contributed by atoms with Crippen molar-refractivity contribution < 1.29 is 4.79 Å². The highest BCUT2D eigenvalue weighted by Gasteiger charge is 2.35. The van der Waals surface area contributed by atoms with E-state index >= 15 is 0 Å². The maximum Gasteiger partial charge on any atom is 0.286 e. The average molecular weight is 536 g/mol. The van der Waals surface area contributed by atoms with Gasteiger partial charge in [0.05, 0.1) is 26.2 Å². The second-order valence-corrected chi connectivity index (χ2v) is 10.7. The van der Waals surface area contributed by atoms with Crippen molar-refractivity contribution in [3.63, 3.8) is 0 Å². The zero-order valence-electron chi connectivity index (χ0n) is 16.2. The number of carbonyl (C=O) groups is 1. The smallest absolute Gasteiger partial charge is 0.285 e. The van der Waals surface area contributed by atoms with Crippen LogP contribution in [0.15, 0.2) is 63.5 Å². The summed E-state index contributed by atoms with van der Waals surface area (Å²) in [7, 11) is 0. The second kappa shape index (κ2) is 8.47. The van der Waals surface area contributed by atoms with Gasteiger partial charge in [0.1, 0.15) is 5.71 Å². The molecule has 5 nitrogen and oxygen atoms in total. The number of nitrogens with zero attached hydrogens (tertiary/aromatic N) is 3. The summed E-state index contributed by atoms with van der Waals surface area (Å²) in [6, 6.07) is 17.3. The molecule has 5 rings (SSSR count). The van der Waals surface area contributed by atoms with Gasteiger partial charge >= 0.3 is 0 Å². The van der Waals surface area contributed by atoms with Gasteiger partial charge in [-0.3, -0.25) is 20.2 Å². The average Bonchev–Trinajstić information content (AvgIpc) is 3.47. The molecule has 0 bridgehead atoms. The van der Waals surface area contributed by atoms with Gasteiger partial charge in [-0.2, -0.15) is 5.10 Å². The number of amides is 1. The zero-order valence-corrected chi connectivity index (χ0v) is 20.1. The molecule has 2 aliphatic heterocycles. The normalized spacial score (nSPS) is 17.6. The van der Waals surface area contributed by atoms with Crippen molar-refractivity contribution in [3.05, 3.63) is 78.9 Å². The van der Waals surface area contributed by atoms with Gasteiger partial charge in [-0.15, -0.1) is 11.3 Å². The molecule has 0 aliphatic carbocycles. The van der Waals surface area contributed by atoms with Crippen LogP contribution in [0.25, 0.3) is 0 Å². The highest BCUT2D eigenvalue weighted by molar-refractivity contribution is 9.11. The van der Waals surface area contributed by atoms with Crippen LogP contribution >= 0.6 is 50.5 Å². The van der Waals surface area contributed by atoms with E-state index in [9.17, 15) is 4.79 Å². The van der Waals surface area contributed by atoms with Crippen LogP contribution in [-0.4, -0.2) is 18.2 Å². The van der Waals surface area contributed by atoms with Crippen molar-refractivity contribution in [1.29, 1.82) is 0 Å². The fraction of sp³-hybridized carbons (Fsp3) is 0.182. The van der Waals surface area contributed by atoms with E-state index in [2.05, 4.69) is 32.5 Å². The highest BCUT2D eigenvalue weighted by Crippen LogP contribution is 2.42. The maximum absolute atomic E-state index is 13.1.